The van der Waals surface area contributed by atoms with Crippen LogP contribution in [-0.2, 0) is 16.0 Å². The van der Waals surface area contributed by atoms with E-state index >= 15 is 0 Å². The minimum absolute atomic E-state index is 0.0883. The first kappa shape index (κ1) is 14.8. The maximum atomic E-state index is 11.8. The van der Waals surface area contributed by atoms with Gasteiger partial charge in [0.15, 0.2) is 0 Å². The second kappa shape index (κ2) is 6.69. The van der Waals surface area contributed by atoms with Crippen LogP contribution in [0.4, 0.5) is 0 Å². The van der Waals surface area contributed by atoms with E-state index in [-0.39, 0.29) is 24.8 Å². The van der Waals surface area contributed by atoms with E-state index in [0.717, 1.165) is 11.3 Å². The summed E-state index contributed by atoms with van der Waals surface area (Å²) >= 11 is 0. The highest BCUT2D eigenvalue weighted by molar-refractivity contribution is 5.79. The second-order valence-electron chi connectivity index (χ2n) is 4.87. The highest BCUT2D eigenvalue weighted by atomic mass is 16.4. The number of carbonyl (C=O) groups excluding carboxylic acids is 1. The zero-order valence-corrected chi connectivity index (χ0v) is 11.7. The van der Waals surface area contributed by atoms with Crippen LogP contribution in [0.15, 0.2) is 42.7 Å². The van der Waals surface area contributed by atoms with Crippen LogP contribution in [-0.4, -0.2) is 32.8 Å². The van der Waals surface area contributed by atoms with Gasteiger partial charge in [0.2, 0.25) is 5.91 Å². The molecular formula is C15H17N3O3. The normalized spacial score (nSPS) is 11.9. The number of carbonyl (C=O) groups is 2. The molecule has 1 aromatic heterocycles. The number of carboxylic acid groups (broad SMARTS) is 1. The van der Waals surface area contributed by atoms with Crippen molar-refractivity contribution in [1.82, 2.24) is 15.1 Å². The van der Waals surface area contributed by atoms with E-state index in [9.17, 15) is 9.59 Å². The molecule has 6 nitrogen and oxygen atoms in total. The number of nitrogens with one attached hydrogen (secondary N) is 1. The summed E-state index contributed by atoms with van der Waals surface area (Å²) in [4.78, 5) is 22.4. The van der Waals surface area contributed by atoms with Crippen molar-refractivity contribution in [2.75, 3.05) is 0 Å². The molecule has 2 rings (SSSR count). The summed E-state index contributed by atoms with van der Waals surface area (Å²) in [5.74, 6) is -1.14. The van der Waals surface area contributed by atoms with Crippen LogP contribution in [0.25, 0.3) is 5.69 Å². The molecule has 0 bridgehead atoms. The second-order valence-corrected chi connectivity index (χ2v) is 4.87. The van der Waals surface area contributed by atoms with Crippen LogP contribution < -0.4 is 5.32 Å². The van der Waals surface area contributed by atoms with E-state index in [0.29, 0.717) is 0 Å². The summed E-state index contributed by atoms with van der Waals surface area (Å²) in [7, 11) is 0. The van der Waals surface area contributed by atoms with Crippen molar-refractivity contribution in [3.8, 4) is 5.69 Å². The highest BCUT2D eigenvalue weighted by Gasteiger charge is 2.12. The topological polar surface area (TPSA) is 84.2 Å². The third-order valence-electron chi connectivity index (χ3n) is 2.91. The Morgan fingerprint density at radius 2 is 2.05 bits per heavy atom. The van der Waals surface area contributed by atoms with Crippen LogP contribution in [0.3, 0.4) is 0 Å². The Labute approximate surface area is 122 Å². The van der Waals surface area contributed by atoms with Crippen LogP contribution in [0.5, 0.6) is 0 Å². The molecule has 1 atom stereocenters. The molecule has 2 aromatic rings. The van der Waals surface area contributed by atoms with Crippen molar-refractivity contribution in [1.29, 1.82) is 0 Å². The first-order valence-electron chi connectivity index (χ1n) is 6.64. The number of aromatic nitrogens is 2. The maximum Gasteiger partial charge on any atom is 0.305 e. The fraction of sp³-hybridized carbons (Fsp3) is 0.267. The van der Waals surface area contributed by atoms with Gasteiger partial charge in [-0.1, -0.05) is 18.2 Å². The van der Waals surface area contributed by atoms with Crippen LogP contribution in [0.2, 0.25) is 0 Å². The molecule has 0 aliphatic heterocycles. The molecule has 0 saturated heterocycles. The molecule has 0 fully saturated rings. The van der Waals surface area contributed by atoms with Gasteiger partial charge in [-0.2, -0.15) is 5.10 Å². The van der Waals surface area contributed by atoms with E-state index in [1.165, 1.54) is 0 Å². The highest BCUT2D eigenvalue weighted by Crippen LogP contribution is 2.08. The lowest BCUT2D eigenvalue weighted by Crippen LogP contribution is -2.35. The van der Waals surface area contributed by atoms with Gasteiger partial charge in [0.1, 0.15) is 0 Å². The molecule has 0 spiro atoms. The van der Waals surface area contributed by atoms with Crippen LogP contribution in [0, 0.1) is 0 Å². The number of benzene rings is 1. The first-order chi connectivity index (χ1) is 10.0. The number of hydrogen-bond donors (Lipinski definition) is 2. The zero-order chi connectivity index (χ0) is 15.2. The monoisotopic (exact) mass is 287 g/mol. The number of nitrogens with zero attached hydrogens (tertiary/aromatic N) is 2. The minimum atomic E-state index is -0.931. The van der Waals surface area contributed by atoms with Gasteiger partial charge in [-0.15, -0.1) is 0 Å². The largest absolute Gasteiger partial charge is 0.481 e. The molecular weight excluding hydrogens is 270 g/mol. The number of carboxylic acids is 1. The van der Waals surface area contributed by atoms with Gasteiger partial charge in [-0.3, -0.25) is 9.59 Å². The van der Waals surface area contributed by atoms with Crippen molar-refractivity contribution < 1.29 is 14.7 Å². The third kappa shape index (κ3) is 4.45. The van der Waals surface area contributed by atoms with E-state index in [1.54, 1.807) is 24.0 Å². The van der Waals surface area contributed by atoms with E-state index in [1.807, 2.05) is 30.3 Å². The predicted molar refractivity (Wildman–Crippen MR) is 77.1 cm³/mol. The molecule has 21 heavy (non-hydrogen) atoms. The Kier molecular flexibility index (Phi) is 4.71. The maximum absolute atomic E-state index is 11.8. The lowest BCUT2D eigenvalue weighted by atomic mass is 10.2. The van der Waals surface area contributed by atoms with Crippen molar-refractivity contribution >= 4 is 11.9 Å². The first-order valence-corrected chi connectivity index (χ1v) is 6.64. The third-order valence-corrected chi connectivity index (χ3v) is 2.91. The Balaban J connectivity index is 1.93. The average molecular weight is 287 g/mol. The van der Waals surface area contributed by atoms with E-state index in [2.05, 4.69) is 10.4 Å². The molecule has 0 aliphatic carbocycles. The summed E-state index contributed by atoms with van der Waals surface area (Å²) < 4.78 is 1.70. The molecule has 1 unspecified atom stereocenters. The molecule has 2 N–H and O–H groups in total. The molecule has 6 heteroatoms. The number of hydrogen-bond acceptors (Lipinski definition) is 3. The van der Waals surface area contributed by atoms with E-state index in [4.69, 9.17) is 5.11 Å². The van der Waals surface area contributed by atoms with Gasteiger partial charge in [-0.25, -0.2) is 4.68 Å². The molecule has 1 amide bonds. The summed E-state index contributed by atoms with van der Waals surface area (Å²) in [6, 6.07) is 9.20. The lowest BCUT2D eigenvalue weighted by molar-refractivity contribution is -0.137. The Bertz CT molecular complexity index is 622. The van der Waals surface area contributed by atoms with E-state index < -0.39 is 5.97 Å². The van der Waals surface area contributed by atoms with Gasteiger partial charge in [0.25, 0.3) is 0 Å². The Morgan fingerprint density at radius 1 is 1.33 bits per heavy atom. The number of rotatable bonds is 6. The number of para-hydroxylation sites is 1. The average Bonchev–Trinajstić information content (AvgIpc) is 2.86. The molecule has 0 radical (unpaired) electrons. The summed E-state index contributed by atoms with van der Waals surface area (Å²) in [5.41, 5.74) is 1.70. The predicted octanol–water partition coefficient (Wildman–Crippen LogP) is 1.39. The molecule has 0 aliphatic rings. The van der Waals surface area contributed by atoms with Gasteiger partial charge in [0, 0.05) is 12.2 Å². The SMILES string of the molecule is CC(CC(=O)O)NC(=O)Cc1cnn(-c2ccccc2)c1. The van der Waals surface area contributed by atoms with Crippen LogP contribution in [0.1, 0.15) is 18.9 Å². The fourth-order valence-corrected chi connectivity index (χ4v) is 2.00. The number of amides is 1. The fourth-order valence-electron chi connectivity index (χ4n) is 2.00. The Hall–Kier alpha value is -2.63. The molecule has 1 heterocycles. The van der Waals surface area contributed by atoms with Crippen molar-refractivity contribution in [3.63, 3.8) is 0 Å². The summed E-state index contributed by atoms with van der Waals surface area (Å²) in [6.07, 6.45) is 3.51. The van der Waals surface area contributed by atoms with Gasteiger partial charge >= 0.3 is 5.97 Å². The summed E-state index contributed by atoms with van der Waals surface area (Å²) in [6.45, 7) is 1.67. The Morgan fingerprint density at radius 3 is 2.71 bits per heavy atom. The van der Waals surface area contributed by atoms with Gasteiger partial charge < -0.3 is 10.4 Å². The molecule has 110 valence electrons. The quantitative estimate of drug-likeness (QED) is 0.841. The lowest BCUT2D eigenvalue weighted by Gasteiger charge is -2.10. The van der Waals surface area contributed by atoms with Gasteiger partial charge in [0.05, 0.1) is 24.7 Å². The smallest absolute Gasteiger partial charge is 0.305 e. The van der Waals surface area contributed by atoms with Crippen LogP contribution >= 0.6 is 0 Å². The minimum Gasteiger partial charge on any atom is -0.481 e. The summed E-state index contributed by atoms with van der Waals surface area (Å²) in [5, 5.41) is 15.5. The van der Waals surface area contributed by atoms with Gasteiger partial charge in [-0.05, 0) is 24.6 Å². The van der Waals surface area contributed by atoms with Crippen molar-refractivity contribution in [2.24, 2.45) is 0 Å². The number of aliphatic carboxylic acids is 1. The molecule has 0 saturated carbocycles. The van der Waals surface area contributed by atoms with Crippen molar-refractivity contribution in [2.45, 2.75) is 25.8 Å². The van der Waals surface area contributed by atoms with Crippen molar-refractivity contribution in [3.05, 3.63) is 48.3 Å². The zero-order valence-electron chi connectivity index (χ0n) is 11.7. The standard InChI is InChI=1S/C15H17N3O3/c1-11(7-15(20)21)17-14(19)8-12-9-16-18(10-12)13-5-3-2-4-6-13/h2-6,9-11H,7-8H2,1H3,(H,17,19)(H,20,21). The molecule has 1 aromatic carbocycles.